The van der Waals surface area contributed by atoms with Gasteiger partial charge in [0.15, 0.2) is 0 Å². The van der Waals surface area contributed by atoms with Crippen molar-refractivity contribution in [3.05, 3.63) is 11.3 Å². The maximum atomic E-state index is 12.5. The standard InChI is InChI=1S/C15H16BrN3O8S/c1-6(20)27-4-7-5-28-14-10(13(23)19(14)11(7)15(24)25)17-12(22)9(18-26-2)8(21)3-16/h10,14H,3-5H2,1-2H3,(H,17,22)(H,24,25)/t10-,14-/m1/s1. The molecule has 2 aliphatic heterocycles. The summed E-state index contributed by atoms with van der Waals surface area (Å²) in [4.78, 5) is 64.6. The van der Waals surface area contributed by atoms with Crippen LogP contribution >= 0.6 is 27.7 Å². The molecule has 0 aromatic heterocycles. The molecule has 2 atom stereocenters. The molecule has 2 amide bonds. The quantitative estimate of drug-likeness (QED) is 0.115. The predicted molar refractivity (Wildman–Crippen MR) is 99.6 cm³/mol. The third-order valence-electron chi connectivity index (χ3n) is 3.77. The number of rotatable bonds is 8. The zero-order valence-corrected chi connectivity index (χ0v) is 17.2. The lowest BCUT2D eigenvalue weighted by Crippen LogP contribution is -2.71. The van der Waals surface area contributed by atoms with E-state index in [1.807, 2.05) is 0 Å². The highest BCUT2D eigenvalue weighted by Crippen LogP contribution is 2.40. The Hall–Kier alpha value is -2.41. The van der Waals surface area contributed by atoms with Crippen molar-refractivity contribution >= 4 is 62.9 Å². The highest BCUT2D eigenvalue weighted by Gasteiger charge is 2.54. The number of hydrogen-bond acceptors (Lipinski definition) is 9. The van der Waals surface area contributed by atoms with Crippen molar-refractivity contribution in [2.75, 3.05) is 24.8 Å². The predicted octanol–water partition coefficient (Wildman–Crippen LogP) is -0.745. The molecule has 0 spiro atoms. The first-order valence-electron chi connectivity index (χ1n) is 7.77. The number of aliphatic carboxylic acids is 1. The molecule has 152 valence electrons. The van der Waals surface area contributed by atoms with Crippen LogP contribution in [0.2, 0.25) is 0 Å². The van der Waals surface area contributed by atoms with Crippen molar-refractivity contribution in [1.29, 1.82) is 0 Å². The van der Waals surface area contributed by atoms with Crippen molar-refractivity contribution in [1.82, 2.24) is 10.2 Å². The number of ketones is 1. The van der Waals surface area contributed by atoms with Crippen molar-refractivity contribution in [2.45, 2.75) is 18.3 Å². The molecule has 2 aliphatic rings. The number of ether oxygens (including phenoxy) is 1. The zero-order valence-electron chi connectivity index (χ0n) is 14.8. The second-order valence-corrected chi connectivity index (χ2v) is 7.24. The number of amides is 2. The molecule has 11 nitrogen and oxygen atoms in total. The molecule has 2 rings (SSSR count). The molecule has 0 aromatic carbocycles. The minimum Gasteiger partial charge on any atom is -0.477 e. The van der Waals surface area contributed by atoms with Crippen LogP contribution in [0.4, 0.5) is 0 Å². The van der Waals surface area contributed by atoms with Crippen LogP contribution in [0.15, 0.2) is 16.4 Å². The van der Waals surface area contributed by atoms with Crippen molar-refractivity contribution < 1.29 is 38.7 Å². The van der Waals surface area contributed by atoms with Gasteiger partial charge in [-0.2, -0.15) is 0 Å². The minimum absolute atomic E-state index is 0.170. The summed E-state index contributed by atoms with van der Waals surface area (Å²) in [5.41, 5.74) is -0.517. The average Bonchev–Trinajstić information content (AvgIpc) is 2.66. The molecule has 0 aromatic rings. The Morgan fingerprint density at radius 3 is 2.61 bits per heavy atom. The van der Waals surface area contributed by atoms with Crippen LogP contribution < -0.4 is 5.32 Å². The first-order valence-corrected chi connectivity index (χ1v) is 9.94. The first-order chi connectivity index (χ1) is 13.2. The minimum atomic E-state index is -1.35. The third-order valence-corrected chi connectivity index (χ3v) is 5.62. The SMILES string of the molecule is CON=C(C(=O)CBr)C(=O)N[C@@H]1C(=O)N2C(C(=O)O)=C(COC(C)=O)CS[C@H]12. The number of carbonyl (C=O) groups excluding carboxylic acids is 4. The van der Waals surface area contributed by atoms with Gasteiger partial charge >= 0.3 is 11.9 Å². The summed E-state index contributed by atoms with van der Waals surface area (Å²) >= 11 is 4.12. The van der Waals surface area contributed by atoms with E-state index in [0.29, 0.717) is 0 Å². The molecule has 0 unspecified atom stereocenters. The molecular weight excluding hydrogens is 462 g/mol. The van der Waals surface area contributed by atoms with Crippen molar-refractivity contribution in [2.24, 2.45) is 5.16 Å². The lowest BCUT2D eigenvalue weighted by atomic mass is 10.0. The zero-order chi connectivity index (χ0) is 21.0. The molecule has 0 saturated carbocycles. The molecule has 1 saturated heterocycles. The van der Waals surface area contributed by atoms with Crippen LogP contribution in [0, 0.1) is 0 Å². The van der Waals surface area contributed by atoms with Crippen LogP contribution in [0.5, 0.6) is 0 Å². The maximum Gasteiger partial charge on any atom is 0.352 e. The normalized spacial score (nSPS) is 21.5. The Bertz CT molecular complexity index is 796. The number of carboxylic acids is 1. The average molecular weight is 478 g/mol. The third kappa shape index (κ3) is 4.35. The summed E-state index contributed by atoms with van der Waals surface area (Å²) in [6, 6.07) is -1.03. The van der Waals surface area contributed by atoms with Crippen LogP contribution in [-0.2, 0) is 33.5 Å². The largest absolute Gasteiger partial charge is 0.477 e. The van der Waals surface area contributed by atoms with Gasteiger partial charge in [-0.05, 0) is 0 Å². The second-order valence-electron chi connectivity index (χ2n) is 5.58. The van der Waals surface area contributed by atoms with E-state index in [2.05, 4.69) is 31.2 Å². The van der Waals surface area contributed by atoms with E-state index in [0.717, 1.165) is 12.0 Å². The number of nitrogens with zero attached hydrogens (tertiary/aromatic N) is 2. The first kappa shape index (κ1) is 21.9. The molecule has 1 fully saturated rings. The van der Waals surface area contributed by atoms with Gasteiger partial charge < -0.3 is 20.0 Å². The van der Waals surface area contributed by atoms with Gasteiger partial charge in [0.1, 0.15) is 30.8 Å². The monoisotopic (exact) mass is 477 g/mol. The van der Waals surface area contributed by atoms with Crippen molar-refractivity contribution in [3.63, 3.8) is 0 Å². The fraction of sp³-hybridized carbons (Fsp3) is 0.467. The number of alkyl halides is 1. The Kier molecular flexibility index (Phi) is 7.18. The number of halogens is 1. The van der Waals surface area contributed by atoms with Crippen molar-refractivity contribution in [3.8, 4) is 0 Å². The van der Waals surface area contributed by atoms with Gasteiger partial charge in [-0.1, -0.05) is 21.1 Å². The van der Waals surface area contributed by atoms with E-state index in [1.54, 1.807) is 0 Å². The van der Waals surface area contributed by atoms with E-state index >= 15 is 0 Å². The highest BCUT2D eigenvalue weighted by molar-refractivity contribution is 9.09. The molecule has 2 N–H and O–H groups in total. The molecule has 28 heavy (non-hydrogen) atoms. The number of oxime groups is 1. The summed E-state index contributed by atoms with van der Waals surface area (Å²) in [6.45, 7) is 0.940. The number of carboxylic acid groups (broad SMARTS) is 1. The summed E-state index contributed by atoms with van der Waals surface area (Å²) in [6.07, 6.45) is 0. The number of Topliss-reactive ketones (excluding diaryl/α,β-unsaturated/α-hetero) is 1. The molecular formula is C15H16BrN3O8S. The maximum absolute atomic E-state index is 12.5. The van der Waals surface area contributed by atoms with Gasteiger partial charge in [0, 0.05) is 18.2 Å². The van der Waals surface area contributed by atoms with Gasteiger partial charge in [-0.3, -0.25) is 24.1 Å². The number of hydrogen-bond donors (Lipinski definition) is 2. The Balaban J connectivity index is 2.18. The van der Waals surface area contributed by atoms with E-state index in [9.17, 15) is 29.1 Å². The smallest absolute Gasteiger partial charge is 0.352 e. The molecule has 0 aliphatic carbocycles. The van der Waals surface area contributed by atoms with Crippen LogP contribution in [-0.4, -0.2) is 81.5 Å². The number of esters is 1. The molecule has 0 radical (unpaired) electrons. The summed E-state index contributed by atoms with van der Waals surface area (Å²) in [5.74, 6) is -3.95. The second kappa shape index (κ2) is 9.19. The van der Waals surface area contributed by atoms with Gasteiger partial charge in [-0.25, -0.2) is 4.79 Å². The van der Waals surface area contributed by atoms with E-state index in [1.165, 1.54) is 18.7 Å². The Morgan fingerprint density at radius 2 is 2.07 bits per heavy atom. The lowest BCUT2D eigenvalue weighted by Gasteiger charge is -2.49. The molecule has 2 heterocycles. The molecule has 13 heteroatoms. The number of nitrogens with one attached hydrogen (secondary N) is 1. The lowest BCUT2D eigenvalue weighted by molar-refractivity contribution is -0.150. The van der Waals surface area contributed by atoms with Crippen LogP contribution in [0.1, 0.15) is 6.92 Å². The van der Waals surface area contributed by atoms with E-state index in [-0.39, 0.29) is 29.0 Å². The number of thioether (sulfide) groups is 1. The van der Waals surface area contributed by atoms with E-state index in [4.69, 9.17) is 4.74 Å². The fourth-order valence-corrected chi connectivity index (χ4v) is 4.16. The summed E-state index contributed by atoms with van der Waals surface area (Å²) < 4.78 is 4.84. The highest BCUT2D eigenvalue weighted by atomic mass is 79.9. The van der Waals surface area contributed by atoms with E-state index < -0.39 is 46.7 Å². The number of β-lactam (4-membered cyclic amide) rings is 1. The van der Waals surface area contributed by atoms with Gasteiger partial charge in [0.25, 0.3) is 11.8 Å². The topological polar surface area (TPSA) is 152 Å². The Morgan fingerprint density at radius 1 is 1.39 bits per heavy atom. The van der Waals surface area contributed by atoms with Gasteiger partial charge in [0.05, 0.1) is 5.33 Å². The number of carbonyl (C=O) groups is 5. The molecule has 0 bridgehead atoms. The summed E-state index contributed by atoms with van der Waals surface area (Å²) in [5, 5.41) is 14.4. The fourth-order valence-electron chi connectivity index (χ4n) is 2.57. The van der Waals surface area contributed by atoms with Crippen LogP contribution in [0.25, 0.3) is 0 Å². The Labute approximate surface area is 171 Å². The van der Waals surface area contributed by atoms with Crippen LogP contribution in [0.3, 0.4) is 0 Å². The van der Waals surface area contributed by atoms with Gasteiger partial charge in [0.2, 0.25) is 11.5 Å². The summed E-state index contributed by atoms with van der Waals surface area (Å²) in [7, 11) is 1.16. The number of fused-ring (bicyclic) bond motifs is 1. The van der Waals surface area contributed by atoms with Gasteiger partial charge in [-0.15, -0.1) is 11.8 Å².